The minimum absolute atomic E-state index is 0.0265. The number of H-pyrrole nitrogens is 1. The van der Waals surface area contributed by atoms with E-state index >= 15 is 0 Å². The zero-order valence-corrected chi connectivity index (χ0v) is 12.3. The second-order valence-corrected chi connectivity index (χ2v) is 5.45. The van der Waals surface area contributed by atoms with Crippen LogP contribution in [-0.4, -0.2) is 34.7 Å². The normalized spacial score (nSPS) is 14.0. The highest BCUT2D eigenvalue weighted by Gasteiger charge is 2.17. The Morgan fingerprint density at radius 1 is 1.43 bits per heavy atom. The highest BCUT2D eigenvalue weighted by atomic mass is 16.3. The van der Waals surface area contributed by atoms with Gasteiger partial charge in [0, 0.05) is 29.7 Å². The van der Waals surface area contributed by atoms with Gasteiger partial charge >= 0.3 is 0 Å². The first kappa shape index (κ1) is 15.5. The Labute approximate surface area is 124 Å². The summed E-state index contributed by atoms with van der Waals surface area (Å²) < 4.78 is 0. The molecular formula is C16H23N3O2. The second-order valence-electron chi connectivity index (χ2n) is 5.45. The lowest BCUT2D eigenvalue weighted by Crippen LogP contribution is -2.45. The van der Waals surface area contributed by atoms with Gasteiger partial charge in [-0.1, -0.05) is 18.2 Å². The molecule has 114 valence electrons. The number of aliphatic hydroxyl groups is 1. The van der Waals surface area contributed by atoms with Gasteiger partial charge < -0.3 is 21.1 Å². The fraction of sp³-hybridized carbons (Fsp3) is 0.438. The van der Waals surface area contributed by atoms with E-state index in [2.05, 4.69) is 10.3 Å². The number of fused-ring (bicyclic) bond motifs is 1. The molecule has 0 saturated heterocycles. The molecule has 1 unspecified atom stereocenters. The van der Waals surface area contributed by atoms with E-state index in [4.69, 9.17) is 10.8 Å². The van der Waals surface area contributed by atoms with Crippen molar-refractivity contribution in [3.8, 4) is 0 Å². The molecular weight excluding hydrogens is 266 g/mol. The predicted octanol–water partition coefficient (Wildman–Crippen LogP) is 1.31. The quantitative estimate of drug-likeness (QED) is 0.619. The van der Waals surface area contributed by atoms with Crippen LogP contribution in [0.1, 0.15) is 25.3 Å². The maximum atomic E-state index is 12.1. The fourth-order valence-electron chi connectivity index (χ4n) is 2.45. The van der Waals surface area contributed by atoms with Gasteiger partial charge in [0.15, 0.2) is 0 Å². The average molecular weight is 289 g/mol. The van der Waals surface area contributed by atoms with Crippen molar-refractivity contribution in [2.75, 3.05) is 6.61 Å². The highest BCUT2D eigenvalue weighted by molar-refractivity contribution is 5.86. The minimum atomic E-state index is -0.569. The molecule has 5 heteroatoms. The Hall–Kier alpha value is -1.85. The van der Waals surface area contributed by atoms with E-state index in [1.165, 1.54) is 0 Å². The van der Waals surface area contributed by atoms with Crippen molar-refractivity contribution in [1.29, 1.82) is 0 Å². The molecule has 2 atom stereocenters. The van der Waals surface area contributed by atoms with Crippen LogP contribution in [0.3, 0.4) is 0 Å². The molecule has 0 aliphatic carbocycles. The van der Waals surface area contributed by atoms with Crippen molar-refractivity contribution in [1.82, 2.24) is 10.3 Å². The first-order valence-corrected chi connectivity index (χ1v) is 7.33. The Bertz CT molecular complexity index is 594. The van der Waals surface area contributed by atoms with Crippen molar-refractivity contribution in [2.45, 2.75) is 38.3 Å². The summed E-state index contributed by atoms with van der Waals surface area (Å²) in [4.78, 5) is 15.3. The monoisotopic (exact) mass is 289 g/mol. The highest BCUT2D eigenvalue weighted by Crippen LogP contribution is 2.18. The second kappa shape index (κ2) is 7.24. The Morgan fingerprint density at radius 2 is 2.19 bits per heavy atom. The standard InChI is InChI=1S/C16H23N3O2/c1-11(5-4-8-20)19-16(21)14(17)9-12-10-18-15-7-3-2-6-13(12)15/h2-3,6-7,10-11,14,18,20H,4-5,8-9,17H2,1H3,(H,19,21)/t11?,14-/m1/s1. The van der Waals surface area contributed by atoms with Gasteiger partial charge in [0.2, 0.25) is 5.91 Å². The van der Waals surface area contributed by atoms with Crippen LogP contribution in [0.4, 0.5) is 0 Å². The molecule has 21 heavy (non-hydrogen) atoms. The summed E-state index contributed by atoms with van der Waals surface area (Å²) in [5, 5.41) is 12.8. The number of aromatic nitrogens is 1. The largest absolute Gasteiger partial charge is 0.396 e. The Morgan fingerprint density at radius 3 is 2.95 bits per heavy atom. The molecule has 2 aromatic rings. The summed E-state index contributed by atoms with van der Waals surface area (Å²) in [6.07, 6.45) is 3.84. The minimum Gasteiger partial charge on any atom is -0.396 e. The topological polar surface area (TPSA) is 91.1 Å². The van der Waals surface area contributed by atoms with Crippen molar-refractivity contribution < 1.29 is 9.90 Å². The van der Waals surface area contributed by atoms with Gasteiger partial charge in [-0.3, -0.25) is 4.79 Å². The van der Waals surface area contributed by atoms with Gasteiger partial charge in [0.25, 0.3) is 0 Å². The molecule has 5 N–H and O–H groups in total. The summed E-state index contributed by atoms with van der Waals surface area (Å²) in [7, 11) is 0. The van der Waals surface area contributed by atoms with E-state index in [9.17, 15) is 4.79 Å². The Balaban J connectivity index is 1.94. The number of rotatable bonds is 7. The SMILES string of the molecule is CC(CCCO)NC(=O)[C@H](N)Cc1c[nH]c2ccccc12. The van der Waals surface area contributed by atoms with Gasteiger partial charge in [-0.15, -0.1) is 0 Å². The molecule has 0 spiro atoms. The van der Waals surface area contributed by atoms with Gasteiger partial charge in [-0.25, -0.2) is 0 Å². The first-order valence-electron chi connectivity index (χ1n) is 7.33. The van der Waals surface area contributed by atoms with Crippen LogP contribution in [0.5, 0.6) is 0 Å². The maximum absolute atomic E-state index is 12.1. The molecule has 1 heterocycles. The van der Waals surface area contributed by atoms with E-state index < -0.39 is 6.04 Å². The van der Waals surface area contributed by atoms with Crippen LogP contribution in [0, 0.1) is 0 Å². The number of nitrogens with one attached hydrogen (secondary N) is 2. The van der Waals surface area contributed by atoms with Crippen LogP contribution in [0.25, 0.3) is 10.9 Å². The molecule has 5 nitrogen and oxygen atoms in total. The zero-order chi connectivity index (χ0) is 15.2. The third kappa shape index (κ3) is 4.06. The number of nitrogens with two attached hydrogens (primary N) is 1. The summed E-state index contributed by atoms with van der Waals surface area (Å²) in [5.74, 6) is -0.147. The van der Waals surface area contributed by atoms with Gasteiger partial charge in [-0.05, 0) is 37.8 Å². The summed E-state index contributed by atoms with van der Waals surface area (Å²) in [5.41, 5.74) is 8.11. The molecule has 2 rings (SSSR count). The third-order valence-corrected chi connectivity index (χ3v) is 3.64. The maximum Gasteiger partial charge on any atom is 0.237 e. The molecule has 0 bridgehead atoms. The number of hydrogen-bond donors (Lipinski definition) is 4. The number of amides is 1. The van der Waals surface area contributed by atoms with E-state index in [1.807, 2.05) is 37.4 Å². The fourth-order valence-corrected chi connectivity index (χ4v) is 2.45. The number of carbonyl (C=O) groups excluding carboxylic acids is 1. The molecule has 0 fully saturated rings. The van der Waals surface area contributed by atoms with Crippen LogP contribution in [0.15, 0.2) is 30.5 Å². The number of benzene rings is 1. The average Bonchev–Trinajstić information content (AvgIpc) is 2.88. The van der Waals surface area contributed by atoms with Gasteiger partial charge in [0.1, 0.15) is 0 Å². The lowest BCUT2D eigenvalue weighted by Gasteiger charge is -2.17. The van der Waals surface area contributed by atoms with E-state index in [0.29, 0.717) is 12.8 Å². The molecule has 0 saturated carbocycles. The van der Waals surface area contributed by atoms with Crippen molar-refractivity contribution in [3.63, 3.8) is 0 Å². The predicted molar refractivity (Wildman–Crippen MR) is 83.9 cm³/mol. The molecule has 0 aliphatic heterocycles. The lowest BCUT2D eigenvalue weighted by molar-refractivity contribution is -0.123. The van der Waals surface area contributed by atoms with E-state index in [1.54, 1.807) is 0 Å². The van der Waals surface area contributed by atoms with Crippen molar-refractivity contribution in [3.05, 3.63) is 36.0 Å². The molecule has 1 amide bonds. The summed E-state index contributed by atoms with van der Waals surface area (Å²) >= 11 is 0. The molecule has 0 aliphatic rings. The van der Waals surface area contributed by atoms with Gasteiger partial charge in [-0.2, -0.15) is 0 Å². The number of aromatic amines is 1. The van der Waals surface area contributed by atoms with Crippen molar-refractivity contribution in [2.24, 2.45) is 5.73 Å². The van der Waals surface area contributed by atoms with E-state index in [-0.39, 0.29) is 18.6 Å². The summed E-state index contributed by atoms with van der Waals surface area (Å²) in [6, 6.07) is 7.43. The van der Waals surface area contributed by atoms with Crippen molar-refractivity contribution >= 4 is 16.8 Å². The Kier molecular flexibility index (Phi) is 5.36. The van der Waals surface area contributed by atoms with Crippen LogP contribution in [0.2, 0.25) is 0 Å². The molecule has 0 radical (unpaired) electrons. The molecule has 1 aromatic heterocycles. The number of para-hydroxylation sites is 1. The van der Waals surface area contributed by atoms with Crippen LogP contribution < -0.4 is 11.1 Å². The number of aliphatic hydroxyl groups excluding tert-OH is 1. The number of hydrogen-bond acceptors (Lipinski definition) is 3. The summed E-state index contributed by atoms with van der Waals surface area (Å²) in [6.45, 7) is 2.06. The third-order valence-electron chi connectivity index (χ3n) is 3.64. The smallest absolute Gasteiger partial charge is 0.237 e. The zero-order valence-electron chi connectivity index (χ0n) is 12.3. The van der Waals surface area contributed by atoms with Crippen LogP contribution in [-0.2, 0) is 11.2 Å². The van der Waals surface area contributed by atoms with Crippen LogP contribution >= 0.6 is 0 Å². The first-order chi connectivity index (χ1) is 10.1. The molecule has 1 aromatic carbocycles. The number of carbonyl (C=O) groups is 1. The lowest BCUT2D eigenvalue weighted by atomic mass is 10.0. The van der Waals surface area contributed by atoms with Gasteiger partial charge in [0.05, 0.1) is 6.04 Å². The van der Waals surface area contributed by atoms with E-state index in [0.717, 1.165) is 22.9 Å².